The van der Waals surface area contributed by atoms with Crippen LogP contribution in [0.2, 0.25) is 5.02 Å². The number of ether oxygens (including phenoxy) is 1. The molecule has 0 radical (unpaired) electrons. The van der Waals surface area contributed by atoms with E-state index in [2.05, 4.69) is 10.6 Å². The monoisotopic (exact) mass is 340 g/mol. The number of morpholine rings is 1. The SMILES string of the molecule is Cc1ccc(Cl)cc1NC(=O)C(=O)NCCC[NH+]1CCOCC1. The summed E-state index contributed by atoms with van der Waals surface area (Å²) in [5.41, 5.74) is 1.40. The summed E-state index contributed by atoms with van der Waals surface area (Å²) >= 11 is 5.89. The maximum atomic E-state index is 11.9. The van der Waals surface area contributed by atoms with Crippen molar-refractivity contribution >= 4 is 29.1 Å². The van der Waals surface area contributed by atoms with Crippen molar-refractivity contribution in [1.82, 2.24) is 5.32 Å². The molecule has 2 amide bonds. The van der Waals surface area contributed by atoms with E-state index in [0.717, 1.165) is 44.8 Å². The number of carbonyl (C=O) groups excluding carboxylic acids is 2. The quantitative estimate of drug-likeness (QED) is 0.522. The summed E-state index contributed by atoms with van der Waals surface area (Å²) in [5.74, 6) is -1.30. The lowest BCUT2D eigenvalue weighted by atomic mass is 10.2. The number of halogens is 1. The van der Waals surface area contributed by atoms with Crippen LogP contribution in [0.3, 0.4) is 0 Å². The van der Waals surface area contributed by atoms with Gasteiger partial charge in [-0.05, 0) is 24.6 Å². The van der Waals surface area contributed by atoms with Crippen LogP contribution in [0.1, 0.15) is 12.0 Å². The average molecular weight is 341 g/mol. The number of benzene rings is 1. The van der Waals surface area contributed by atoms with Gasteiger partial charge in [0.2, 0.25) is 0 Å². The first-order chi connectivity index (χ1) is 11.1. The van der Waals surface area contributed by atoms with Gasteiger partial charge < -0.3 is 20.3 Å². The molecule has 0 bridgehead atoms. The van der Waals surface area contributed by atoms with Crippen molar-refractivity contribution in [3.05, 3.63) is 28.8 Å². The third-order valence-corrected chi connectivity index (χ3v) is 4.08. The van der Waals surface area contributed by atoms with E-state index < -0.39 is 11.8 Å². The van der Waals surface area contributed by atoms with Crippen molar-refractivity contribution < 1.29 is 19.2 Å². The molecule has 0 atom stereocenters. The smallest absolute Gasteiger partial charge is 0.313 e. The molecule has 1 aromatic carbocycles. The van der Waals surface area contributed by atoms with Crippen molar-refractivity contribution in [2.75, 3.05) is 44.7 Å². The minimum absolute atomic E-state index is 0.491. The predicted molar refractivity (Wildman–Crippen MR) is 88.8 cm³/mol. The Morgan fingerprint density at radius 2 is 2.00 bits per heavy atom. The molecule has 1 saturated heterocycles. The third kappa shape index (κ3) is 5.82. The van der Waals surface area contributed by atoms with Gasteiger partial charge in [0.05, 0.1) is 19.8 Å². The standard InChI is InChI=1S/C16H22ClN3O3/c1-12-3-4-13(17)11-14(12)19-16(22)15(21)18-5-2-6-20-7-9-23-10-8-20/h3-4,11H,2,5-10H2,1H3,(H,18,21)(H,19,22)/p+1. The number of nitrogens with one attached hydrogen (secondary N) is 3. The van der Waals surface area contributed by atoms with E-state index in [0.29, 0.717) is 17.3 Å². The Kier molecular flexibility index (Phi) is 6.83. The van der Waals surface area contributed by atoms with Crippen molar-refractivity contribution in [3.8, 4) is 0 Å². The summed E-state index contributed by atoms with van der Waals surface area (Å²) in [7, 11) is 0. The summed E-state index contributed by atoms with van der Waals surface area (Å²) in [6.07, 6.45) is 0.838. The average Bonchev–Trinajstić information content (AvgIpc) is 2.55. The van der Waals surface area contributed by atoms with Gasteiger partial charge in [0, 0.05) is 23.7 Å². The number of amides is 2. The minimum atomic E-state index is -0.672. The Labute approximate surface area is 141 Å². The van der Waals surface area contributed by atoms with E-state index in [1.165, 1.54) is 4.90 Å². The van der Waals surface area contributed by atoms with E-state index in [1.807, 2.05) is 6.92 Å². The number of anilines is 1. The molecule has 3 N–H and O–H groups in total. The Balaban J connectivity index is 1.70. The van der Waals surface area contributed by atoms with Crippen LogP contribution in [0, 0.1) is 6.92 Å². The minimum Gasteiger partial charge on any atom is -0.370 e. The molecule has 1 aliphatic rings. The molecule has 1 aliphatic heterocycles. The Hall–Kier alpha value is -1.63. The van der Waals surface area contributed by atoms with Crippen LogP contribution in [0.5, 0.6) is 0 Å². The lowest BCUT2D eigenvalue weighted by Gasteiger charge is -2.23. The fourth-order valence-electron chi connectivity index (χ4n) is 2.44. The number of carbonyl (C=O) groups is 2. The molecule has 7 heteroatoms. The highest BCUT2D eigenvalue weighted by Crippen LogP contribution is 2.19. The van der Waals surface area contributed by atoms with E-state index >= 15 is 0 Å². The van der Waals surface area contributed by atoms with E-state index in [4.69, 9.17) is 16.3 Å². The highest BCUT2D eigenvalue weighted by molar-refractivity contribution is 6.40. The van der Waals surface area contributed by atoms with Crippen LogP contribution >= 0.6 is 11.6 Å². The Morgan fingerprint density at radius 3 is 2.74 bits per heavy atom. The van der Waals surface area contributed by atoms with Crippen molar-refractivity contribution in [2.45, 2.75) is 13.3 Å². The molecule has 6 nitrogen and oxygen atoms in total. The maximum absolute atomic E-state index is 11.9. The van der Waals surface area contributed by atoms with Crippen molar-refractivity contribution in [2.24, 2.45) is 0 Å². The number of quaternary nitrogens is 1. The second kappa shape index (κ2) is 8.86. The molecule has 0 saturated carbocycles. The van der Waals surface area contributed by atoms with Crippen LogP contribution in [-0.2, 0) is 14.3 Å². The lowest BCUT2D eigenvalue weighted by molar-refractivity contribution is -0.908. The van der Waals surface area contributed by atoms with Crippen molar-refractivity contribution in [3.63, 3.8) is 0 Å². The first-order valence-electron chi connectivity index (χ1n) is 7.83. The highest BCUT2D eigenvalue weighted by Gasteiger charge is 2.16. The van der Waals surface area contributed by atoms with Crippen LogP contribution in [0.25, 0.3) is 0 Å². The molecule has 1 heterocycles. The van der Waals surface area contributed by atoms with E-state index in [1.54, 1.807) is 18.2 Å². The van der Waals surface area contributed by atoms with Gasteiger partial charge in [-0.2, -0.15) is 0 Å². The predicted octanol–water partition coefficient (Wildman–Crippen LogP) is 0.00832. The zero-order valence-corrected chi connectivity index (χ0v) is 14.0. The molecular formula is C16H23ClN3O3+. The number of hydrogen-bond donors (Lipinski definition) is 3. The van der Waals surface area contributed by atoms with Gasteiger partial charge in [0.1, 0.15) is 13.1 Å². The molecule has 23 heavy (non-hydrogen) atoms. The van der Waals surface area contributed by atoms with Crippen molar-refractivity contribution in [1.29, 1.82) is 0 Å². The lowest BCUT2D eigenvalue weighted by Crippen LogP contribution is -3.14. The number of hydrogen-bond acceptors (Lipinski definition) is 3. The second-order valence-corrected chi connectivity index (χ2v) is 6.07. The summed E-state index contributed by atoms with van der Waals surface area (Å²) in [6, 6.07) is 5.16. The van der Waals surface area contributed by atoms with Gasteiger partial charge in [-0.3, -0.25) is 9.59 Å². The largest absolute Gasteiger partial charge is 0.370 e. The molecule has 0 unspecified atom stereocenters. The van der Waals surface area contributed by atoms with Crippen LogP contribution < -0.4 is 15.5 Å². The summed E-state index contributed by atoms with van der Waals surface area (Å²) < 4.78 is 5.30. The van der Waals surface area contributed by atoms with Gasteiger partial charge in [-0.25, -0.2) is 0 Å². The maximum Gasteiger partial charge on any atom is 0.313 e. The molecule has 0 aromatic heterocycles. The fourth-order valence-corrected chi connectivity index (χ4v) is 2.61. The van der Waals surface area contributed by atoms with Gasteiger partial charge in [-0.15, -0.1) is 0 Å². The highest BCUT2D eigenvalue weighted by atomic mass is 35.5. The third-order valence-electron chi connectivity index (χ3n) is 3.85. The van der Waals surface area contributed by atoms with E-state index in [-0.39, 0.29) is 0 Å². The molecular weight excluding hydrogens is 318 g/mol. The molecule has 1 fully saturated rings. The zero-order valence-electron chi connectivity index (χ0n) is 13.3. The fraction of sp³-hybridized carbons (Fsp3) is 0.500. The first-order valence-corrected chi connectivity index (χ1v) is 8.20. The molecule has 0 aliphatic carbocycles. The van der Waals surface area contributed by atoms with Gasteiger partial charge in [0.15, 0.2) is 0 Å². The van der Waals surface area contributed by atoms with Crippen LogP contribution in [0.4, 0.5) is 5.69 Å². The number of aryl methyl sites for hydroxylation is 1. The van der Waals surface area contributed by atoms with Gasteiger partial charge in [-0.1, -0.05) is 17.7 Å². The summed E-state index contributed by atoms with van der Waals surface area (Å²) in [4.78, 5) is 25.2. The van der Waals surface area contributed by atoms with Gasteiger partial charge >= 0.3 is 11.8 Å². The first kappa shape index (κ1) is 17.7. The van der Waals surface area contributed by atoms with Crippen LogP contribution in [0.15, 0.2) is 18.2 Å². The molecule has 126 valence electrons. The molecule has 0 spiro atoms. The van der Waals surface area contributed by atoms with Crippen LogP contribution in [-0.4, -0.2) is 51.2 Å². The molecule has 1 aromatic rings. The zero-order chi connectivity index (χ0) is 16.7. The second-order valence-electron chi connectivity index (χ2n) is 5.64. The van der Waals surface area contributed by atoms with E-state index in [9.17, 15) is 9.59 Å². The van der Waals surface area contributed by atoms with Gasteiger partial charge in [0.25, 0.3) is 0 Å². The normalized spacial score (nSPS) is 15.2. The topological polar surface area (TPSA) is 71.9 Å². The number of rotatable bonds is 5. The Morgan fingerprint density at radius 1 is 1.26 bits per heavy atom. The Bertz CT molecular complexity index is 560. The summed E-state index contributed by atoms with van der Waals surface area (Å²) in [6.45, 7) is 6.90. The summed E-state index contributed by atoms with van der Waals surface area (Å²) in [5, 5.41) is 5.75. The molecule has 2 rings (SSSR count).